The van der Waals surface area contributed by atoms with E-state index >= 15 is 0 Å². The van der Waals surface area contributed by atoms with Crippen molar-refractivity contribution in [2.24, 2.45) is 0 Å². The number of hydrogen-bond donors (Lipinski definition) is 4. The molecule has 120 valence electrons. The number of nitrogens with one attached hydrogen (secondary N) is 4. The van der Waals surface area contributed by atoms with Crippen LogP contribution >= 0.6 is 0 Å². The quantitative estimate of drug-likeness (QED) is 0.487. The fraction of sp³-hybridized carbons (Fsp3) is 1.00. The van der Waals surface area contributed by atoms with Gasteiger partial charge in [-0.1, -0.05) is 12.8 Å². The second-order valence-corrected chi connectivity index (χ2v) is 5.76. The van der Waals surface area contributed by atoms with Crippen molar-refractivity contribution < 1.29 is 0 Å². The van der Waals surface area contributed by atoms with Crippen molar-refractivity contribution in [2.45, 2.75) is 25.7 Å². The second kappa shape index (κ2) is 12.5. The van der Waals surface area contributed by atoms with Crippen LogP contribution in [0.25, 0.3) is 0 Å². The molecular weight excluding hydrogens is 252 g/mol. The van der Waals surface area contributed by atoms with Gasteiger partial charge in [-0.3, -0.25) is 9.80 Å². The van der Waals surface area contributed by atoms with E-state index in [1.54, 1.807) is 0 Å². The summed E-state index contributed by atoms with van der Waals surface area (Å²) in [5.41, 5.74) is 0. The molecule has 0 aromatic carbocycles. The Bertz CT molecular complexity index is 192. The largest absolute Gasteiger partial charge is 0.304 e. The third-order valence-electron chi connectivity index (χ3n) is 3.46. The summed E-state index contributed by atoms with van der Waals surface area (Å²) in [6.07, 6.45) is 5.22. The molecule has 20 heavy (non-hydrogen) atoms. The van der Waals surface area contributed by atoms with Gasteiger partial charge in [0.05, 0.1) is 0 Å². The molecule has 6 nitrogen and oxygen atoms in total. The van der Waals surface area contributed by atoms with E-state index in [0.29, 0.717) is 0 Å². The Hall–Kier alpha value is -0.240. The molecule has 6 heteroatoms. The van der Waals surface area contributed by atoms with Crippen molar-refractivity contribution in [1.82, 2.24) is 31.1 Å². The lowest BCUT2D eigenvalue weighted by Gasteiger charge is -2.20. The fourth-order valence-corrected chi connectivity index (χ4v) is 2.22. The van der Waals surface area contributed by atoms with Gasteiger partial charge in [0.15, 0.2) is 0 Å². The van der Waals surface area contributed by atoms with Gasteiger partial charge in [0.2, 0.25) is 0 Å². The first kappa shape index (κ1) is 17.8. The first-order chi connectivity index (χ1) is 9.79. The third kappa shape index (κ3) is 10.5. The van der Waals surface area contributed by atoms with Crippen molar-refractivity contribution in [2.75, 3.05) is 66.9 Å². The molecule has 1 aliphatic rings. The summed E-state index contributed by atoms with van der Waals surface area (Å²) in [6, 6.07) is 0. The highest BCUT2D eigenvalue weighted by Crippen LogP contribution is 1.97. The maximum Gasteiger partial charge on any atom is 0.0489 e. The summed E-state index contributed by atoms with van der Waals surface area (Å²) < 4.78 is 0. The molecule has 1 heterocycles. The second-order valence-electron chi connectivity index (χ2n) is 5.76. The fourth-order valence-electron chi connectivity index (χ4n) is 2.22. The molecule has 1 aliphatic heterocycles. The molecule has 0 saturated carbocycles. The van der Waals surface area contributed by atoms with Crippen LogP contribution in [-0.2, 0) is 0 Å². The lowest BCUT2D eigenvalue weighted by molar-refractivity contribution is 0.268. The maximum absolute atomic E-state index is 3.49. The standard InChI is InChI=1S/C14H34N6/c1-19-11-15-7-5-3-4-6-8-16-12-20(2)14-18-10-9-17-13-19/h15-18H,3-14H2,1-2H3. The van der Waals surface area contributed by atoms with Crippen LogP contribution < -0.4 is 21.3 Å². The van der Waals surface area contributed by atoms with Crippen LogP contribution in [0.1, 0.15) is 25.7 Å². The molecule has 1 fully saturated rings. The molecule has 1 rings (SSSR count). The molecule has 0 unspecified atom stereocenters. The lowest BCUT2D eigenvalue weighted by atomic mass is 10.2. The van der Waals surface area contributed by atoms with E-state index in [9.17, 15) is 0 Å². The topological polar surface area (TPSA) is 54.6 Å². The third-order valence-corrected chi connectivity index (χ3v) is 3.46. The van der Waals surface area contributed by atoms with Crippen molar-refractivity contribution in [1.29, 1.82) is 0 Å². The number of rotatable bonds is 0. The van der Waals surface area contributed by atoms with Gasteiger partial charge >= 0.3 is 0 Å². The minimum Gasteiger partial charge on any atom is -0.304 e. The zero-order chi connectivity index (χ0) is 14.5. The summed E-state index contributed by atoms with van der Waals surface area (Å²) in [5.74, 6) is 0. The van der Waals surface area contributed by atoms with Gasteiger partial charge in [0, 0.05) is 39.8 Å². The zero-order valence-corrected chi connectivity index (χ0v) is 13.4. The van der Waals surface area contributed by atoms with Crippen LogP contribution in [0.3, 0.4) is 0 Å². The van der Waals surface area contributed by atoms with Crippen LogP contribution in [-0.4, -0.2) is 76.7 Å². The highest BCUT2D eigenvalue weighted by Gasteiger charge is 1.99. The molecule has 0 bridgehead atoms. The van der Waals surface area contributed by atoms with E-state index in [4.69, 9.17) is 0 Å². The van der Waals surface area contributed by atoms with Crippen molar-refractivity contribution >= 4 is 0 Å². The average molecular weight is 286 g/mol. The summed E-state index contributed by atoms with van der Waals surface area (Å²) in [4.78, 5) is 4.55. The Balaban J connectivity index is 2.16. The minimum atomic E-state index is 0.937. The molecule has 1 saturated heterocycles. The normalized spacial score (nSPS) is 24.9. The van der Waals surface area contributed by atoms with E-state index < -0.39 is 0 Å². The molecule has 0 aromatic rings. The van der Waals surface area contributed by atoms with E-state index in [1.807, 2.05) is 0 Å². The Morgan fingerprint density at radius 1 is 0.500 bits per heavy atom. The van der Waals surface area contributed by atoms with Crippen molar-refractivity contribution in [3.63, 3.8) is 0 Å². The maximum atomic E-state index is 3.49. The average Bonchev–Trinajstić information content (AvgIpc) is 2.43. The van der Waals surface area contributed by atoms with Gasteiger partial charge in [0.25, 0.3) is 0 Å². The summed E-state index contributed by atoms with van der Waals surface area (Å²) in [6.45, 7) is 8.06. The predicted molar refractivity (Wildman–Crippen MR) is 85.5 cm³/mol. The van der Waals surface area contributed by atoms with Gasteiger partial charge in [-0.15, -0.1) is 0 Å². The van der Waals surface area contributed by atoms with Gasteiger partial charge in [-0.05, 0) is 40.0 Å². The first-order valence-corrected chi connectivity index (χ1v) is 7.99. The monoisotopic (exact) mass is 286 g/mol. The Kier molecular flexibility index (Phi) is 11.1. The number of nitrogens with zero attached hydrogens (tertiary/aromatic N) is 2. The van der Waals surface area contributed by atoms with Crippen LogP contribution in [0.4, 0.5) is 0 Å². The van der Waals surface area contributed by atoms with Crippen LogP contribution in [0, 0.1) is 0 Å². The number of hydrogen-bond acceptors (Lipinski definition) is 6. The summed E-state index contributed by atoms with van der Waals surface area (Å²) in [7, 11) is 4.29. The highest BCUT2D eigenvalue weighted by molar-refractivity contribution is 4.56. The van der Waals surface area contributed by atoms with Gasteiger partial charge in [-0.2, -0.15) is 0 Å². The van der Waals surface area contributed by atoms with Crippen LogP contribution in [0.15, 0.2) is 0 Å². The molecule has 4 N–H and O–H groups in total. The first-order valence-electron chi connectivity index (χ1n) is 7.99. The lowest BCUT2D eigenvalue weighted by Crippen LogP contribution is -2.42. The van der Waals surface area contributed by atoms with Gasteiger partial charge in [0.1, 0.15) is 0 Å². The predicted octanol–water partition coefficient (Wildman–Crippen LogP) is -0.388. The SMILES string of the molecule is CN1CNCCCCCCNCN(C)CNCCNC1. The van der Waals surface area contributed by atoms with E-state index in [2.05, 4.69) is 45.2 Å². The molecule has 0 aliphatic carbocycles. The van der Waals surface area contributed by atoms with E-state index in [0.717, 1.165) is 52.9 Å². The van der Waals surface area contributed by atoms with Crippen molar-refractivity contribution in [3.05, 3.63) is 0 Å². The van der Waals surface area contributed by atoms with E-state index in [1.165, 1.54) is 25.7 Å². The Morgan fingerprint density at radius 2 is 0.850 bits per heavy atom. The molecule has 0 spiro atoms. The Labute approximate surface area is 124 Å². The summed E-state index contributed by atoms with van der Waals surface area (Å²) >= 11 is 0. The molecule has 0 aromatic heterocycles. The smallest absolute Gasteiger partial charge is 0.0489 e. The van der Waals surface area contributed by atoms with Crippen LogP contribution in [0.2, 0.25) is 0 Å². The Morgan fingerprint density at radius 3 is 1.25 bits per heavy atom. The zero-order valence-electron chi connectivity index (χ0n) is 13.4. The van der Waals surface area contributed by atoms with Gasteiger partial charge in [-0.25, -0.2) is 0 Å². The van der Waals surface area contributed by atoms with Crippen molar-refractivity contribution in [3.8, 4) is 0 Å². The van der Waals surface area contributed by atoms with Gasteiger partial charge < -0.3 is 21.3 Å². The molecule has 0 amide bonds. The summed E-state index contributed by atoms with van der Waals surface area (Å²) in [5, 5.41) is 13.9. The highest BCUT2D eigenvalue weighted by atomic mass is 15.3. The molecule has 0 radical (unpaired) electrons. The molecular formula is C14H34N6. The van der Waals surface area contributed by atoms with Crippen LogP contribution in [0.5, 0.6) is 0 Å². The minimum absolute atomic E-state index is 0.937. The van der Waals surface area contributed by atoms with E-state index in [-0.39, 0.29) is 0 Å². The molecule has 0 atom stereocenters.